The third kappa shape index (κ3) is 38.7. The SMILES string of the molecule is CC/C=C\C/C=C\C/C=C\C/C=C\CCCCCCC(=O)OC(COC(=O)CCCCCCCCCCCCCCCC)COP(=O)(O)O. The van der Waals surface area contributed by atoms with Gasteiger partial charge in [-0.25, -0.2) is 4.57 Å². The van der Waals surface area contributed by atoms with E-state index in [0.717, 1.165) is 70.6 Å². The highest BCUT2D eigenvalue weighted by Crippen LogP contribution is 2.36. The predicted octanol–water partition coefficient (Wildman–Crippen LogP) is 11.6. The van der Waals surface area contributed by atoms with Crippen molar-refractivity contribution in [1.82, 2.24) is 0 Å². The molecule has 0 aromatic carbocycles. The molecule has 0 aliphatic rings. The molecule has 2 N–H and O–H groups in total. The van der Waals surface area contributed by atoms with E-state index in [1.54, 1.807) is 0 Å². The Hall–Kier alpha value is -1.99. The highest BCUT2D eigenvalue weighted by atomic mass is 31.2. The lowest BCUT2D eigenvalue weighted by Crippen LogP contribution is -2.29. The zero-order valence-electron chi connectivity index (χ0n) is 31.1. The zero-order chi connectivity index (χ0) is 36.1. The van der Waals surface area contributed by atoms with Crippen LogP contribution in [0.25, 0.3) is 0 Å². The Morgan fingerprint density at radius 3 is 1.47 bits per heavy atom. The largest absolute Gasteiger partial charge is 0.469 e. The molecule has 9 heteroatoms. The lowest BCUT2D eigenvalue weighted by molar-refractivity contribution is -0.161. The molecule has 0 radical (unpaired) electrons. The van der Waals surface area contributed by atoms with Crippen LogP contribution in [0.3, 0.4) is 0 Å². The van der Waals surface area contributed by atoms with Crippen molar-refractivity contribution in [3.8, 4) is 0 Å². The minimum atomic E-state index is -4.76. The third-order valence-corrected chi connectivity index (χ3v) is 8.60. The van der Waals surface area contributed by atoms with Crippen molar-refractivity contribution in [2.24, 2.45) is 0 Å². The second kappa shape index (κ2) is 35.8. The molecule has 0 aromatic heterocycles. The summed E-state index contributed by atoms with van der Waals surface area (Å²) in [5, 5.41) is 0. The number of hydrogen-bond donors (Lipinski definition) is 2. The van der Waals surface area contributed by atoms with Gasteiger partial charge < -0.3 is 19.3 Å². The first-order valence-corrected chi connectivity index (χ1v) is 21.0. The van der Waals surface area contributed by atoms with E-state index >= 15 is 0 Å². The van der Waals surface area contributed by atoms with Crippen LogP contribution < -0.4 is 0 Å². The molecule has 0 aliphatic carbocycles. The molecule has 0 fully saturated rings. The first-order valence-electron chi connectivity index (χ1n) is 19.4. The Bertz CT molecular complexity index is 937. The molecule has 0 aromatic rings. The summed E-state index contributed by atoms with van der Waals surface area (Å²) in [6, 6.07) is 0. The van der Waals surface area contributed by atoms with Crippen molar-refractivity contribution >= 4 is 19.8 Å². The fourth-order valence-corrected chi connectivity index (χ4v) is 5.61. The lowest BCUT2D eigenvalue weighted by atomic mass is 10.0. The van der Waals surface area contributed by atoms with E-state index in [9.17, 15) is 14.2 Å². The number of unbranched alkanes of at least 4 members (excludes halogenated alkanes) is 17. The molecule has 1 atom stereocenters. The van der Waals surface area contributed by atoms with Crippen molar-refractivity contribution in [3.05, 3.63) is 48.6 Å². The van der Waals surface area contributed by atoms with E-state index in [2.05, 4.69) is 67.0 Å². The van der Waals surface area contributed by atoms with E-state index in [-0.39, 0.29) is 19.4 Å². The molecule has 0 saturated heterocycles. The van der Waals surface area contributed by atoms with Gasteiger partial charge in [-0.15, -0.1) is 0 Å². The van der Waals surface area contributed by atoms with Crippen molar-refractivity contribution in [1.29, 1.82) is 0 Å². The second-order valence-corrected chi connectivity index (χ2v) is 14.1. The van der Waals surface area contributed by atoms with Gasteiger partial charge in [-0.05, 0) is 51.4 Å². The molecular weight excluding hydrogens is 639 g/mol. The highest BCUT2D eigenvalue weighted by molar-refractivity contribution is 7.46. The minimum absolute atomic E-state index is 0.184. The van der Waals surface area contributed by atoms with E-state index < -0.39 is 32.5 Å². The summed E-state index contributed by atoms with van der Waals surface area (Å²) in [7, 11) is -4.76. The zero-order valence-corrected chi connectivity index (χ0v) is 32.0. The van der Waals surface area contributed by atoms with Gasteiger partial charge in [0.2, 0.25) is 0 Å². The first-order chi connectivity index (χ1) is 23.8. The number of allylic oxidation sites excluding steroid dienone is 8. The van der Waals surface area contributed by atoms with Crippen LogP contribution in [-0.2, 0) is 28.2 Å². The molecule has 0 rings (SSSR count). The molecule has 0 saturated carbocycles. The van der Waals surface area contributed by atoms with Crippen LogP contribution in [0.2, 0.25) is 0 Å². The Balaban J connectivity index is 4.00. The number of phosphoric acid groups is 1. The van der Waals surface area contributed by atoms with Gasteiger partial charge in [0.15, 0.2) is 6.10 Å². The van der Waals surface area contributed by atoms with Gasteiger partial charge in [0, 0.05) is 12.8 Å². The molecule has 8 nitrogen and oxygen atoms in total. The van der Waals surface area contributed by atoms with Gasteiger partial charge in [0.05, 0.1) is 6.61 Å². The van der Waals surface area contributed by atoms with Crippen LogP contribution in [0.4, 0.5) is 0 Å². The highest BCUT2D eigenvalue weighted by Gasteiger charge is 2.22. The van der Waals surface area contributed by atoms with Crippen LogP contribution in [0.5, 0.6) is 0 Å². The average Bonchev–Trinajstić information content (AvgIpc) is 3.07. The molecule has 0 bridgehead atoms. The molecule has 1 unspecified atom stereocenters. The molecule has 0 spiro atoms. The van der Waals surface area contributed by atoms with Crippen LogP contribution in [0.1, 0.15) is 174 Å². The fraction of sp³-hybridized carbons (Fsp3) is 0.750. The maximum Gasteiger partial charge on any atom is 0.469 e. The average molecular weight is 711 g/mol. The standard InChI is InChI=1S/C40H71O8P/c1-3-5-7-9-11-13-15-17-19-20-21-23-25-27-29-31-33-35-40(42)48-38(37-47-49(43,44)45)36-46-39(41)34-32-30-28-26-24-22-18-16-14-12-10-8-6-4-2/h5,7,11,13,17,19,21,23,38H,3-4,6,8-10,12,14-16,18,20,22,24-37H2,1-2H3,(H2,43,44,45)/b7-5-,13-11-,19-17-,23-21-. The van der Waals surface area contributed by atoms with Gasteiger partial charge in [-0.3, -0.25) is 14.1 Å². The summed E-state index contributed by atoms with van der Waals surface area (Å²) in [6.07, 6.45) is 42.6. The van der Waals surface area contributed by atoms with Gasteiger partial charge in [0.25, 0.3) is 0 Å². The van der Waals surface area contributed by atoms with E-state index in [4.69, 9.17) is 19.3 Å². The summed E-state index contributed by atoms with van der Waals surface area (Å²) in [4.78, 5) is 42.7. The number of rotatable bonds is 35. The molecule has 0 aliphatic heterocycles. The number of carbonyl (C=O) groups is 2. The maximum absolute atomic E-state index is 12.4. The van der Waals surface area contributed by atoms with Crippen LogP contribution in [-0.4, -0.2) is 41.0 Å². The van der Waals surface area contributed by atoms with Crippen LogP contribution >= 0.6 is 7.82 Å². The fourth-order valence-electron chi connectivity index (χ4n) is 5.25. The van der Waals surface area contributed by atoms with Gasteiger partial charge in [0.1, 0.15) is 6.61 Å². The summed E-state index contributed by atoms with van der Waals surface area (Å²) >= 11 is 0. The lowest BCUT2D eigenvalue weighted by Gasteiger charge is -2.18. The van der Waals surface area contributed by atoms with E-state index in [1.807, 2.05) is 0 Å². The van der Waals surface area contributed by atoms with E-state index in [0.29, 0.717) is 6.42 Å². The molecule has 0 heterocycles. The second-order valence-electron chi connectivity index (χ2n) is 12.9. The number of carbonyl (C=O) groups excluding carboxylic acids is 2. The normalized spacial score (nSPS) is 13.0. The van der Waals surface area contributed by atoms with Gasteiger partial charge >= 0.3 is 19.8 Å². The Kier molecular flexibility index (Phi) is 34.4. The van der Waals surface area contributed by atoms with Crippen molar-refractivity contribution in [2.75, 3.05) is 13.2 Å². The summed E-state index contributed by atoms with van der Waals surface area (Å²) in [6.45, 7) is 3.55. The van der Waals surface area contributed by atoms with E-state index in [1.165, 1.54) is 70.6 Å². The van der Waals surface area contributed by atoms with Gasteiger partial charge in [-0.2, -0.15) is 0 Å². The molecule has 0 amide bonds. The summed E-state index contributed by atoms with van der Waals surface area (Å²) in [5.41, 5.74) is 0. The minimum Gasteiger partial charge on any atom is -0.462 e. The topological polar surface area (TPSA) is 119 Å². The number of hydrogen-bond acceptors (Lipinski definition) is 6. The van der Waals surface area contributed by atoms with Crippen molar-refractivity contribution < 1.29 is 37.9 Å². The maximum atomic E-state index is 12.4. The van der Waals surface area contributed by atoms with Crippen LogP contribution in [0, 0.1) is 0 Å². The third-order valence-electron chi connectivity index (χ3n) is 8.11. The monoisotopic (exact) mass is 710 g/mol. The van der Waals surface area contributed by atoms with Gasteiger partial charge in [-0.1, -0.05) is 159 Å². The smallest absolute Gasteiger partial charge is 0.462 e. The quantitative estimate of drug-likeness (QED) is 0.0289. The summed E-state index contributed by atoms with van der Waals surface area (Å²) in [5.74, 6) is -0.911. The van der Waals surface area contributed by atoms with Crippen LogP contribution in [0.15, 0.2) is 48.6 Å². The Labute approximate surface area is 299 Å². The Morgan fingerprint density at radius 1 is 0.551 bits per heavy atom. The Morgan fingerprint density at radius 2 is 0.980 bits per heavy atom. The summed E-state index contributed by atoms with van der Waals surface area (Å²) < 4.78 is 26.3. The first kappa shape index (κ1) is 47.0. The molecule has 284 valence electrons. The number of phosphoric ester groups is 1. The van der Waals surface area contributed by atoms with Crippen molar-refractivity contribution in [3.63, 3.8) is 0 Å². The molecule has 49 heavy (non-hydrogen) atoms. The number of esters is 2. The predicted molar refractivity (Wildman–Crippen MR) is 202 cm³/mol. The number of ether oxygens (including phenoxy) is 2. The van der Waals surface area contributed by atoms with Crippen molar-refractivity contribution in [2.45, 2.75) is 180 Å². The molecular formula is C40H71O8P.